The first-order valence-corrected chi connectivity index (χ1v) is 8.56. The maximum atomic E-state index is 12.6. The van der Waals surface area contributed by atoms with Crippen molar-refractivity contribution in [1.29, 1.82) is 0 Å². The summed E-state index contributed by atoms with van der Waals surface area (Å²) in [4.78, 5) is 2.16. The lowest BCUT2D eigenvalue weighted by atomic mass is 10.0. The SMILES string of the molecule is C#C/C=C(\C=C/C)CN(CCC(O)c1ccc(C(F)(F)F)cc1)C(C)C. The van der Waals surface area contributed by atoms with Gasteiger partial charge < -0.3 is 5.11 Å². The van der Waals surface area contributed by atoms with Crippen molar-refractivity contribution in [2.24, 2.45) is 0 Å². The van der Waals surface area contributed by atoms with Crippen molar-refractivity contribution >= 4 is 0 Å². The predicted octanol–water partition coefficient (Wildman–Crippen LogP) is 4.98. The molecule has 0 spiro atoms. The maximum absolute atomic E-state index is 12.6. The summed E-state index contributed by atoms with van der Waals surface area (Å²) in [5, 5.41) is 10.3. The quantitative estimate of drug-likeness (QED) is 0.519. The minimum atomic E-state index is -4.37. The van der Waals surface area contributed by atoms with Gasteiger partial charge in [0, 0.05) is 19.1 Å². The molecule has 0 aliphatic heterocycles. The molecule has 0 heterocycles. The Kier molecular flexibility index (Phi) is 8.64. The van der Waals surface area contributed by atoms with Crippen LogP contribution < -0.4 is 0 Å². The fraction of sp³-hybridized carbons (Fsp3) is 0.429. The van der Waals surface area contributed by atoms with Crippen LogP contribution in [0.25, 0.3) is 0 Å². The van der Waals surface area contributed by atoms with Gasteiger partial charge >= 0.3 is 6.18 Å². The highest BCUT2D eigenvalue weighted by Gasteiger charge is 2.30. The Hall–Kier alpha value is -2.03. The van der Waals surface area contributed by atoms with E-state index in [1.807, 2.05) is 32.9 Å². The Labute approximate surface area is 154 Å². The second-order valence-electron chi connectivity index (χ2n) is 6.37. The molecule has 0 saturated carbocycles. The summed E-state index contributed by atoms with van der Waals surface area (Å²) in [5.41, 5.74) is 0.759. The summed E-state index contributed by atoms with van der Waals surface area (Å²) < 4.78 is 37.8. The first-order chi connectivity index (χ1) is 12.2. The summed E-state index contributed by atoms with van der Waals surface area (Å²) in [5.74, 6) is 2.52. The Morgan fingerprint density at radius 3 is 2.35 bits per heavy atom. The minimum Gasteiger partial charge on any atom is -0.388 e. The molecule has 0 saturated heterocycles. The summed E-state index contributed by atoms with van der Waals surface area (Å²) in [6.07, 6.45) is 6.15. The molecule has 0 bridgehead atoms. The molecule has 0 amide bonds. The Morgan fingerprint density at radius 2 is 1.88 bits per heavy atom. The number of allylic oxidation sites excluding steroid dienone is 2. The van der Waals surface area contributed by atoms with Gasteiger partial charge in [0.15, 0.2) is 0 Å². The third-order valence-electron chi connectivity index (χ3n) is 4.08. The fourth-order valence-corrected chi connectivity index (χ4v) is 2.57. The fourth-order valence-electron chi connectivity index (χ4n) is 2.57. The van der Waals surface area contributed by atoms with Crippen LogP contribution in [0.5, 0.6) is 0 Å². The van der Waals surface area contributed by atoms with E-state index in [-0.39, 0.29) is 6.04 Å². The molecule has 1 unspecified atom stereocenters. The second kappa shape index (κ2) is 10.2. The van der Waals surface area contributed by atoms with Gasteiger partial charge in [0.1, 0.15) is 0 Å². The number of nitrogens with zero attached hydrogens (tertiary/aromatic N) is 1. The highest BCUT2D eigenvalue weighted by Crippen LogP contribution is 2.30. The molecule has 26 heavy (non-hydrogen) atoms. The summed E-state index contributed by atoms with van der Waals surface area (Å²) in [7, 11) is 0. The van der Waals surface area contributed by atoms with E-state index in [2.05, 4.69) is 10.8 Å². The normalized spacial score (nSPS) is 14.2. The van der Waals surface area contributed by atoms with Gasteiger partial charge in [0.25, 0.3) is 0 Å². The number of rotatable bonds is 8. The average molecular weight is 365 g/mol. The molecule has 1 N–H and O–H groups in total. The van der Waals surface area contributed by atoms with Gasteiger partial charge in [0.2, 0.25) is 0 Å². The largest absolute Gasteiger partial charge is 0.416 e. The van der Waals surface area contributed by atoms with Gasteiger partial charge in [-0.25, -0.2) is 0 Å². The molecule has 0 fully saturated rings. The predicted molar refractivity (Wildman–Crippen MR) is 99.5 cm³/mol. The van der Waals surface area contributed by atoms with Gasteiger partial charge in [0.05, 0.1) is 11.7 Å². The minimum absolute atomic E-state index is 0.237. The van der Waals surface area contributed by atoms with Crippen LogP contribution in [0.2, 0.25) is 0 Å². The number of hydrogen-bond donors (Lipinski definition) is 1. The molecule has 1 atom stereocenters. The molecule has 0 aliphatic rings. The smallest absolute Gasteiger partial charge is 0.388 e. The lowest BCUT2D eigenvalue weighted by molar-refractivity contribution is -0.137. The topological polar surface area (TPSA) is 23.5 Å². The van der Waals surface area contributed by atoms with E-state index >= 15 is 0 Å². The Morgan fingerprint density at radius 1 is 1.27 bits per heavy atom. The number of aliphatic hydroxyl groups excluding tert-OH is 1. The molecular formula is C21H26F3NO. The van der Waals surface area contributed by atoms with Crippen molar-refractivity contribution in [1.82, 2.24) is 4.90 Å². The number of halogens is 3. The van der Waals surface area contributed by atoms with Crippen LogP contribution in [0.15, 0.2) is 48.1 Å². The van der Waals surface area contributed by atoms with E-state index in [0.717, 1.165) is 17.7 Å². The zero-order valence-electron chi connectivity index (χ0n) is 15.4. The monoisotopic (exact) mass is 365 g/mol. The first-order valence-electron chi connectivity index (χ1n) is 8.56. The molecule has 2 nitrogen and oxygen atoms in total. The Bertz CT molecular complexity index is 651. The second-order valence-corrected chi connectivity index (χ2v) is 6.37. The van der Waals surface area contributed by atoms with Crippen LogP contribution in [0, 0.1) is 12.3 Å². The van der Waals surface area contributed by atoms with Crippen molar-refractivity contribution < 1.29 is 18.3 Å². The summed E-state index contributed by atoms with van der Waals surface area (Å²) in [6, 6.07) is 4.89. The van der Waals surface area contributed by atoms with Crippen molar-refractivity contribution in [3.05, 3.63) is 59.2 Å². The number of alkyl halides is 3. The summed E-state index contributed by atoms with van der Waals surface area (Å²) in [6.45, 7) is 7.25. The molecule has 1 rings (SSSR count). The van der Waals surface area contributed by atoms with E-state index in [4.69, 9.17) is 6.42 Å². The van der Waals surface area contributed by atoms with Crippen molar-refractivity contribution in [2.45, 2.75) is 45.5 Å². The lowest BCUT2D eigenvalue weighted by Crippen LogP contribution is -2.34. The molecule has 1 aromatic rings. The standard InChI is InChI=1S/C21H26F3NO/c1-5-7-17(8-6-2)15-25(16(3)4)14-13-20(26)18-9-11-19(12-10-18)21(22,23)24/h1,6-12,16,20,26H,13-15H2,2-4H3/b8-6-,17-7+. The van der Waals surface area contributed by atoms with Gasteiger partial charge in [-0.3, -0.25) is 4.90 Å². The third-order valence-corrected chi connectivity index (χ3v) is 4.08. The molecule has 0 radical (unpaired) electrons. The van der Waals surface area contributed by atoms with Crippen molar-refractivity contribution in [3.63, 3.8) is 0 Å². The van der Waals surface area contributed by atoms with Crippen LogP contribution in [0.1, 0.15) is 44.4 Å². The first kappa shape index (κ1) is 22.0. The van der Waals surface area contributed by atoms with E-state index in [9.17, 15) is 18.3 Å². The van der Waals surface area contributed by atoms with E-state index in [0.29, 0.717) is 25.1 Å². The van der Waals surface area contributed by atoms with Crippen molar-refractivity contribution in [3.8, 4) is 12.3 Å². The molecule has 142 valence electrons. The molecular weight excluding hydrogens is 339 g/mol. The van der Waals surface area contributed by atoms with E-state index in [1.165, 1.54) is 12.1 Å². The molecule has 0 aromatic heterocycles. The highest BCUT2D eigenvalue weighted by atomic mass is 19.4. The highest BCUT2D eigenvalue weighted by molar-refractivity contribution is 5.28. The molecule has 0 aliphatic carbocycles. The lowest BCUT2D eigenvalue weighted by Gasteiger charge is -2.28. The van der Waals surface area contributed by atoms with Crippen molar-refractivity contribution in [2.75, 3.05) is 13.1 Å². The van der Waals surface area contributed by atoms with E-state index in [1.54, 1.807) is 6.08 Å². The number of aliphatic hydroxyl groups is 1. The number of terminal acetylenes is 1. The van der Waals surface area contributed by atoms with Crippen LogP contribution >= 0.6 is 0 Å². The summed E-state index contributed by atoms with van der Waals surface area (Å²) >= 11 is 0. The van der Waals surface area contributed by atoms with Crippen LogP contribution in [0.4, 0.5) is 13.2 Å². The molecule has 5 heteroatoms. The Balaban J connectivity index is 2.74. The maximum Gasteiger partial charge on any atom is 0.416 e. The van der Waals surface area contributed by atoms with Crippen LogP contribution in [-0.4, -0.2) is 29.1 Å². The third kappa shape index (κ3) is 7.07. The average Bonchev–Trinajstić information content (AvgIpc) is 2.57. The van der Waals surface area contributed by atoms with Gasteiger partial charge in [-0.15, -0.1) is 6.42 Å². The zero-order valence-corrected chi connectivity index (χ0v) is 15.4. The zero-order chi connectivity index (χ0) is 19.7. The van der Waals surface area contributed by atoms with Gasteiger partial charge in [-0.05, 0) is 56.5 Å². The van der Waals surface area contributed by atoms with E-state index < -0.39 is 17.8 Å². The molecule has 1 aromatic carbocycles. The number of benzene rings is 1. The van der Waals surface area contributed by atoms with Crippen LogP contribution in [0.3, 0.4) is 0 Å². The van der Waals surface area contributed by atoms with Gasteiger partial charge in [-0.2, -0.15) is 13.2 Å². The number of hydrogen-bond acceptors (Lipinski definition) is 2. The van der Waals surface area contributed by atoms with Crippen LogP contribution in [-0.2, 0) is 6.18 Å². The van der Waals surface area contributed by atoms with Gasteiger partial charge in [-0.1, -0.05) is 30.2 Å².